The molecule has 0 atom stereocenters. The molecule has 1 aliphatic carbocycles. The number of aryl methyl sites for hydroxylation is 1. The zero-order valence-electron chi connectivity index (χ0n) is 9.41. The quantitative estimate of drug-likeness (QED) is 0.758. The first-order valence-corrected chi connectivity index (χ1v) is 7.11. The summed E-state index contributed by atoms with van der Waals surface area (Å²) < 4.78 is 0. The lowest BCUT2D eigenvalue weighted by atomic mass is 9.91. The van der Waals surface area contributed by atoms with Crippen molar-refractivity contribution < 1.29 is 4.79 Å². The summed E-state index contributed by atoms with van der Waals surface area (Å²) in [6, 6.07) is 0.422. The highest BCUT2D eigenvalue weighted by Crippen LogP contribution is 2.27. The van der Waals surface area contributed by atoms with E-state index in [1.54, 1.807) is 11.3 Å². The number of hydrogen-bond donors (Lipinski definition) is 0. The fourth-order valence-electron chi connectivity index (χ4n) is 1.97. The summed E-state index contributed by atoms with van der Waals surface area (Å²) in [4.78, 5) is 14.3. The minimum atomic E-state index is 0.157. The van der Waals surface area contributed by atoms with E-state index in [-0.39, 0.29) is 5.91 Å². The molecule has 1 aromatic rings. The number of rotatable bonds is 4. The maximum absolute atomic E-state index is 12.3. The van der Waals surface area contributed by atoms with Crippen molar-refractivity contribution in [1.82, 2.24) is 4.90 Å². The normalized spacial score (nSPS) is 15.9. The van der Waals surface area contributed by atoms with Gasteiger partial charge in [0.1, 0.15) is 0 Å². The van der Waals surface area contributed by atoms with Crippen LogP contribution in [0.15, 0.2) is 10.8 Å². The van der Waals surface area contributed by atoms with Gasteiger partial charge in [0.25, 0.3) is 5.91 Å². The van der Waals surface area contributed by atoms with Crippen molar-refractivity contribution >= 4 is 28.8 Å². The first-order valence-electron chi connectivity index (χ1n) is 5.63. The molecule has 0 bridgehead atoms. The molecular formula is C12H16ClNOS. The fraction of sp³-hybridized carbons (Fsp3) is 0.583. The Morgan fingerprint density at radius 2 is 2.31 bits per heavy atom. The largest absolute Gasteiger partial charge is 0.334 e. The molecule has 0 aromatic carbocycles. The van der Waals surface area contributed by atoms with Crippen LogP contribution in [-0.2, 0) is 0 Å². The standard InChI is InChI=1S/C12H16ClNOS/c1-9-7-16-8-11(9)12(15)14(6-5-13)10-3-2-4-10/h7-8,10H,2-6H2,1H3. The van der Waals surface area contributed by atoms with Crippen molar-refractivity contribution in [3.05, 3.63) is 21.9 Å². The molecule has 16 heavy (non-hydrogen) atoms. The number of thiophene rings is 1. The highest BCUT2D eigenvalue weighted by atomic mass is 35.5. The van der Waals surface area contributed by atoms with Crippen molar-refractivity contribution in [3.63, 3.8) is 0 Å². The van der Waals surface area contributed by atoms with Gasteiger partial charge in [-0.25, -0.2) is 0 Å². The van der Waals surface area contributed by atoms with E-state index in [2.05, 4.69) is 0 Å². The lowest BCUT2D eigenvalue weighted by Crippen LogP contribution is -2.45. The van der Waals surface area contributed by atoms with Gasteiger partial charge in [-0.3, -0.25) is 4.79 Å². The molecule has 1 aliphatic rings. The Labute approximate surface area is 105 Å². The van der Waals surface area contributed by atoms with Gasteiger partial charge in [0.2, 0.25) is 0 Å². The topological polar surface area (TPSA) is 20.3 Å². The van der Waals surface area contributed by atoms with E-state index in [9.17, 15) is 4.79 Å². The molecule has 1 amide bonds. The molecule has 0 radical (unpaired) electrons. The van der Waals surface area contributed by atoms with Gasteiger partial charge in [-0.2, -0.15) is 11.3 Å². The molecule has 1 fully saturated rings. The third kappa shape index (κ3) is 2.25. The Morgan fingerprint density at radius 3 is 2.75 bits per heavy atom. The van der Waals surface area contributed by atoms with E-state index in [1.165, 1.54) is 6.42 Å². The SMILES string of the molecule is Cc1cscc1C(=O)N(CCCl)C1CCC1. The number of alkyl halides is 1. The predicted molar refractivity (Wildman–Crippen MR) is 68.5 cm³/mol. The average molecular weight is 258 g/mol. The summed E-state index contributed by atoms with van der Waals surface area (Å²) >= 11 is 7.36. The molecule has 2 nitrogen and oxygen atoms in total. The highest BCUT2D eigenvalue weighted by molar-refractivity contribution is 7.08. The van der Waals surface area contributed by atoms with Crippen LogP contribution >= 0.6 is 22.9 Å². The molecule has 0 aliphatic heterocycles. The van der Waals surface area contributed by atoms with E-state index in [1.807, 2.05) is 22.6 Å². The van der Waals surface area contributed by atoms with Crippen LogP contribution in [0, 0.1) is 6.92 Å². The smallest absolute Gasteiger partial charge is 0.255 e. The predicted octanol–water partition coefficient (Wildman–Crippen LogP) is 3.29. The van der Waals surface area contributed by atoms with Gasteiger partial charge in [0.05, 0.1) is 5.56 Å². The third-order valence-corrected chi connectivity index (χ3v) is 4.22. The van der Waals surface area contributed by atoms with E-state index in [0.717, 1.165) is 24.0 Å². The van der Waals surface area contributed by atoms with Gasteiger partial charge < -0.3 is 4.90 Å². The Balaban J connectivity index is 2.13. The molecule has 2 rings (SSSR count). The number of carbonyl (C=O) groups excluding carboxylic acids is 1. The Bertz CT molecular complexity index is 373. The molecule has 1 heterocycles. The summed E-state index contributed by atoms with van der Waals surface area (Å²) in [7, 11) is 0. The van der Waals surface area contributed by atoms with Crippen molar-refractivity contribution in [3.8, 4) is 0 Å². The maximum Gasteiger partial charge on any atom is 0.255 e. The Morgan fingerprint density at radius 1 is 1.56 bits per heavy atom. The van der Waals surface area contributed by atoms with Crippen LogP contribution < -0.4 is 0 Å². The third-order valence-electron chi connectivity index (χ3n) is 3.19. The second-order valence-electron chi connectivity index (χ2n) is 4.24. The number of amides is 1. The van der Waals surface area contributed by atoms with Gasteiger partial charge in [0.15, 0.2) is 0 Å². The number of hydrogen-bond acceptors (Lipinski definition) is 2. The summed E-state index contributed by atoms with van der Waals surface area (Å²) in [6.45, 7) is 2.66. The molecule has 0 N–H and O–H groups in total. The second-order valence-corrected chi connectivity index (χ2v) is 5.36. The van der Waals surface area contributed by atoms with Gasteiger partial charge in [0, 0.05) is 23.8 Å². The van der Waals surface area contributed by atoms with Crippen LogP contribution in [0.5, 0.6) is 0 Å². The van der Waals surface area contributed by atoms with Gasteiger partial charge in [-0.1, -0.05) is 0 Å². The van der Waals surface area contributed by atoms with E-state index in [0.29, 0.717) is 18.5 Å². The zero-order chi connectivity index (χ0) is 11.5. The van der Waals surface area contributed by atoms with Crippen LogP contribution in [0.4, 0.5) is 0 Å². The summed E-state index contributed by atoms with van der Waals surface area (Å²) in [5, 5.41) is 3.96. The van der Waals surface area contributed by atoms with Gasteiger partial charge >= 0.3 is 0 Å². The van der Waals surface area contributed by atoms with Crippen LogP contribution in [0.1, 0.15) is 35.2 Å². The van der Waals surface area contributed by atoms with Crippen molar-refractivity contribution in [1.29, 1.82) is 0 Å². The molecule has 0 unspecified atom stereocenters. The molecule has 0 saturated heterocycles. The summed E-state index contributed by atoms with van der Waals surface area (Å²) in [5.41, 5.74) is 1.93. The van der Waals surface area contributed by atoms with Gasteiger partial charge in [-0.15, -0.1) is 11.6 Å². The van der Waals surface area contributed by atoms with E-state index >= 15 is 0 Å². The zero-order valence-corrected chi connectivity index (χ0v) is 11.0. The monoisotopic (exact) mass is 257 g/mol. The van der Waals surface area contributed by atoms with E-state index in [4.69, 9.17) is 11.6 Å². The van der Waals surface area contributed by atoms with Crippen molar-refractivity contribution in [2.75, 3.05) is 12.4 Å². The summed E-state index contributed by atoms with van der Waals surface area (Å²) in [6.07, 6.45) is 3.50. The first kappa shape index (κ1) is 11.9. The molecule has 1 aromatic heterocycles. The van der Waals surface area contributed by atoms with Crippen LogP contribution in [0.25, 0.3) is 0 Å². The molecular weight excluding hydrogens is 242 g/mol. The second kappa shape index (κ2) is 5.19. The fourth-order valence-corrected chi connectivity index (χ4v) is 2.98. The number of halogens is 1. The minimum absolute atomic E-state index is 0.157. The molecule has 88 valence electrons. The molecule has 4 heteroatoms. The van der Waals surface area contributed by atoms with Crippen LogP contribution in [-0.4, -0.2) is 29.3 Å². The van der Waals surface area contributed by atoms with Crippen molar-refractivity contribution in [2.45, 2.75) is 32.2 Å². The number of nitrogens with zero attached hydrogens (tertiary/aromatic N) is 1. The lowest BCUT2D eigenvalue weighted by molar-refractivity contribution is 0.0598. The van der Waals surface area contributed by atoms with Crippen LogP contribution in [0.2, 0.25) is 0 Å². The first-order chi connectivity index (χ1) is 7.74. The minimum Gasteiger partial charge on any atom is -0.334 e. The summed E-state index contributed by atoms with van der Waals surface area (Å²) in [5.74, 6) is 0.676. The lowest BCUT2D eigenvalue weighted by Gasteiger charge is -2.37. The van der Waals surface area contributed by atoms with Crippen molar-refractivity contribution in [2.24, 2.45) is 0 Å². The molecule has 1 saturated carbocycles. The highest BCUT2D eigenvalue weighted by Gasteiger charge is 2.29. The average Bonchev–Trinajstić information content (AvgIpc) is 2.60. The number of carbonyl (C=O) groups is 1. The van der Waals surface area contributed by atoms with E-state index < -0.39 is 0 Å². The van der Waals surface area contributed by atoms with Crippen LogP contribution in [0.3, 0.4) is 0 Å². The Kier molecular flexibility index (Phi) is 3.87. The molecule has 0 spiro atoms. The van der Waals surface area contributed by atoms with Gasteiger partial charge in [-0.05, 0) is 37.1 Å². The Hall–Kier alpha value is -0.540. The maximum atomic E-state index is 12.3.